The van der Waals surface area contributed by atoms with Crippen molar-refractivity contribution in [1.82, 2.24) is 15.8 Å². The predicted molar refractivity (Wildman–Crippen MR) is 76.6 cm³/mol. The monoisotopic (exact) mass is 269 g/mol. The number of phenolic OH excluding ortho intramolecular Hbond substituents is 1. The van der Waals surface area contributed by atoms with Gasteiger partial charge in [0, 0.05) is 6.20 Å². The molecule has 20 heavy (non-hydrogen) atoms. The number of hydrogen-bond acceptors (Lipinski definition) is 4. The van der Waals surface area contributed by atoms with Crippen LogP contribution in [-0.4, -0.2) is 16.0 Å². The van der Waals surface area contributed by atoms with E-state index in [0.717, 1.165) is 11.3 Å². The van der Waals surface area contributed by atoms with Crippen molar-refractivity contribution >= 4 is 11.6 Å². The van der Waals surface area contributed by atoms with Crippen molar-refractivity contribution in [1.29, 1.82) is 0 Å². The molecule has 1 aromatic heterocycles. The van der Waals surface area contributed by atoms with E-state index >= 15 is 0 Å². The molecule has 1 heterocycles. The van der Waals surface area contributed by atoms with Crippen LogP contribution in [0.25, 0.3) is 5.70 Å². The summed E-state index contributed by atoms with van der Waals surface area (Å²) >= 11 is 0. The number of nitrogens with zero attached hydrogens (tertiary/aromatic N) is 1. The molecule has 0 bridgehead atoms. The standard InChI is InChI=1S/C15H15N3O2/c1-2-13(11-6-8-12(19)9-7-11)17-18-15(20)14-5-3-4-10-16-14/h2-10,17,19H,1H3,(H,18,20)/b13-2-. The van der Waals surface area contributed by atoms with Gasteiger partial charge in [-0.15, -0.1) is 0 Å². The number of amides is 1. The van der Waals surface area contributed by atoms with Crippen molar-refractivity contribution in [2.24, 2.45) is 0 Å². The average Bonchev–Trinajstić information content (AvgIpc) is 2.50. The second-order valence-corrected chi connectivity index (χ2v) is 4.04. The minimum Gasteiger partial charge on any atom is -0.508 e. The van der Waals surface area contributed by atoms with Gasteiger partial charge in [-0.25, -0.2) is 0 Å². The maximum absolute atomic E-state index is 11.8. The summed E-state index contributed by atoms with van der Waals surface area (Å²) in [4.78, 5) is 15.8. The lowest BCUT2D eigenvalue weighted by atomic mass is 10.1. The molecule has 2 aromatic rings. The Morgan fingerprint density at radius 3 is 2.50 bits per heavy atom. The Morgan fingerprint density at radius 1 is 1.15 bits per heavy atom. The molecule has 0 radical (unpaired) electrons. The lowest BCUT2D eigenvalue weighted by Gasteiger charge is -2.12. The fourth-order valence-corrected chi connectivity index (χ4v) is 1.64. The van der Waals surface area contributed by atoms with Crippen LogP contribution in [-0.2, 0) is 0 Å². The van der Waals surface area contributed by atoms with Gasteiger partial charge in [0.2, 0.25) is 0 Å². The Bertz CT molecular complexity index is 607. The smallest absolute Gasteiger partial charge is 0.288 e. The van der Waals surface area contributed by atoms with Gasteiger partial charge >= 0.3 is 0 Å². The Morgan fingerprint density at radius 2 is 1.90 bits per heavy atom. The topological polar surface area (TPSA) is 74.2 Å². The molecule has 5 nitrogen and oxygen atoms in total. The van der Waals surface area contributed by atoms with Crippen LogP contribution in [0, 0.1) is 0 Å². The molecule has 0 unspecified atom stereocenters. The van der Waals surface area contributed by atoms with Crippen molar-refractivity contribution in [3.05, 3.63) is 66.0 Å². The van der Waals surface area contributed by atoms with E-state index in [0.29, 0.717) is 5.69 Å². The number of carbonyl (C=O) groups is 1. The first-order chi connectivity index (χ1) is 9.70. The number of aromatic hydroxyl groups is 1. The van der Waals surface area contributed by atoms with E-state index < -0.39 is 0 Å². The Hall–Kier alpha value is -2.82. The first-order valence-corrected chi connectivity index (χ1v) is 6.14. The number of rotatable bonds is 4. The van der Waals surface area contributed by atoms with Gasteiger partial charge in [0.15, 0.2) is 0 Å². The quantitative estimate of drug-likeness (QED) is 0.743. The molecule has 0 aliphatic heterocycles. The number of allylic oxidation sites excluding steroid dienone is 1. The lowest BCUT2D eigenvalue weighted by molar-refractivity contribution is 0.0937. The van der Waals surface area contributed by atoms with Crippen molar-refractivity contribution in [2.45, 2.75) is 6.92 Å². The molecule has 2 rings (SSSR count). The predicted octanol–water partition coefficient (Wildman–Crippen LogP) is 2.08. The Balaban J connectivity index is 2.02. The van der Waals surface area contributed by atoms with Crippen LogP contribution in [0.2, 0.25) is 0 Å². The highest BCUT2D eigenvalue weighted by Crippen LogP contribution is 2.15. The minimum atomic E-state index is -0.316. The maximum Gasteiger partial charge on any atom is 0.288 e. The van der Waals surface area contributed by atoms with Crippen molar-refractivity contribution < 1.29 is 9.90 Å². The molecule has 5 heteroatoms. The van der Waals surface area contributed by atoms with E-state index in [2.05, 4.69) is 15.8 Å². The van der Waals surface area contributed by atoms with Gasteiger partial charge < -0.3 is 5.11 Å². The van der Waals surface area contributed by atoms with Crippen LogP contribution >= 0.6 is 0 Å². The maximum atomic E-state index is 11.8. The summed E-state index contributed by atoms with van der Waals surface area (Å²) in [6.07, 6.45) is 3.39. The van der Waals surface area contributed by atoms with Crippen LogP contribution in [0.15, 0.2) is 54.7 Å². The highest BCUT2D eigenvalue weighted by atomic mass is 16.3. The third-order valence-electron chi connectivity index (χ3n) is 2.68. The zero-order chi connectivity index (χ0) is 14.4. The van der Waals surface area contributed by atoms with Gasteiger partial charge in [0.25, 0.3) is 5.91 Å². The molecule has 1 amide bonds. The number of hydrogen-bond donors (Lipinski definition) is 3. The minimum absolute atomic E-state index is 0.196. The summed E-state index contributed by atoms with van der Waals surface area (Å²) in [5.41, 5.74) is 7.34. The van der Waals surface area contributed by atoms with Gasteiger partial charge in [0.1, 0.15) is 11.4 Å². The number of benzene rings is 1. The Labute approximate surface area is 117 Å². The summed E-state index contributed by atoms with van der Waals surface area (Å²) in [6, 6.07) is 11.8. The molecule has 0 spiro atoms. The first kappa shape index (κ1) is 13.6. The van der Waals surface area contributed by atoms with Crippen molar-refractivity contribution in [3.63, 3.8) is 0 Å². The molecule has 0 saturated carbocycles. The van der Waals surface area contributed by atoms with Crippen molar-refractivity contribution in [3.8, 4) is 5.75 Å². The van der Waals surface area contributed by atoms with Crippen LogP contribution in [0.4, 0.5) is 0 Å². The molecular formula is C15H15N3O2. The van der Waals surface area contributed by atoms with E-state index in [1.165, 1.54) is 0 Å². The normalized spacial score (nSPS) is 10.9. The zero-order valence-electron chi connectivity index (χ0n) is 11.0. The summed E-state index contributed by atoms with van der Waals surface area (Å²) in [7, 11) is 0. The highest BCUT2D eigenvalue weighted by molar-refractivity contribution is 5.92. The molecule has 1 aromatic carbocycles. The van der Waals surface area contributed by atoms with Gasteiger partial charge in [-0.2, -0.15) is 0 Å². The fraction of sp³-hybridized carbons (Fsp3) is 0.0667. The average molecular weight is 269 g/mol. The van der Waals surface area contributed by atoms with Gasteiger partial charge in [-0.05, 0) is 48.9 Å². The number of hydrazine groups is 1. The van der Waals surface area contributed by atoms with E-state index in [-0.39, 0.29) is 11.7 Å². The largest absolute Gasteiger partial charge is 0.508 e. The summed E-state index contributed by atoms with van der Waals surface area (Å²) in [6.45, 7) is 1.85. The van der Waals surface area contributed by atoms with E-state index in [1.807, 2.05) is 13.0 Å². The third kappa shape index (κ3) is 3.35. The molecule has 102 valence electrons. The van der Waals surface area contributed by atoms with Crippen LogP contribution < -0.4 is 10.9 Å². The summed E-state index contributed by atoms with van der Waals surface area (Å²) in [5.74, 6) is -0.120. The number of carbonyl (C=O) groups excluding carboxylic acids is 1. The highest BCUT2D eigenvalue weighted by Gasteiger charge is 2.06. The van der Waals surface area contributed by atoms with E-state index in [9.17, 15) is 9.90 Å². The molecular weight excluding hydrogens is 254 g/mol. The van der Waals surface area contributed by atoms with Gasteiger partial charge in [-0.1, -0.05) is 12.1 Å². The number of phenols is 1. The first-order valence-electron chi connectivity index (χ1n) is 6.14. The molecule has 0 fully saturated rings. The third-order valence-corrected chi connectivity index (χ3v) is 2.68. The number of aromatic nitrogens is 1. The SMILES string of the molecule is C/C=C(\NNC(=O)c1ccccn1)c1ccc(O)cc1. The van der Waals surface area contributed by atoms with Gasteiger partial charge in [-0.3, -0.25) is 20.6 Å². The molecule has 0 saturated heterocycles. The second-order valence-electron chi connectivity index (χ2n) is 4.04. The fourth-order valence-electron chi connectivity index (χ4n) is 1.64. The van der Waals surface area contributed by atoms with E-state index in [4.69, 9.17) is 0 Å². The lowest BCUT2D eigenvalue weighted by Crippen LogP contribution is -2.36. The Kier molecular flexibility index (Phi) is 4.34. The molecule has 0 aliphatic rings. The van der Waals surface area contributed by atoms with Crippen LogP contribution in [0.1, 0.15) is 23.0 Å². The zero-order valence-corrected chi connectivity index (χ0v) is 11.0. The molecule has 0 aliphatic carbocycles. The summed E-state index contributed by atoms with van der Waals surface area (Å²) < 4.78 is 0. The van der Waals surface area contributed by atoms with Gasteiger partial charge in [0.05, 0.1) is 5.70 Å². The molecule has 0 atom stereocenters. The van der Waals surface area contributed by atoms with Crippen LogP contribution in [0.5, 0.6) is 5.75 Å². The molecule has 3 N–H and O–H groups in total. The number of pyridine rings is 1. The second kappa shape index (κ2) is 6.38. The summed E-state index contributed by atoms with van der Waals surface area (Å²) in [5, 5.41) is 9.26. The number of nitrogens with one attached hydrogen (secondary N) is 2. The van der Waals surface area contributed by atoms with Crippen LogP contribution in [0.3, 0.4) is 0 Å². The van der Waals surface area contributed by atoms with E-state index in [1.54, 1.807) is 48.7 Å². The van der Waals surface area contributed by atoms with Crippen molar-refractivity contribution in [2.75, 3.05) is 0 Å².